The van der Waals surface area contributed by atoms with Gasteiger partial charge in [-0.25, -0.2) is 0 Å². The summed E-state index contributed by atoms with van der Waals surface area (Å²) in [7, 11) is 0. The number of carboxylic acid groups (broad SMARTS) is 1. The van der Waals surface area contributed by atoms with Gasteiger partial charge in [0.05, 0.1) is 19.1 Å². The van der Waals surface area contributed by atoms with E-state index in [1.165, 1.54) is 0 Å². The molecule has 0 spiro atoms. The number of morpholine rings is 1. The fourth-order valence-corrected chi connectivity index (χ4v) is 3.98. The molecule has 1 aromatic rings. The van der Waals surface area contributed by atoms with Crippen LogP contribution < -0.4 is 9.47 Å². The average molecular weight is 376 g/mol. The van der Waals surface area contributed by atoms with E-state index in [1.807, 2.05) is 12.1 Å². The van der Waals surface area contributed by atoms with E-state index in [0.29, 0.717) is 44.2 Å². The molecular formula is C19H24N2O6. The zero-order valence-electron chi connectivity index (χ0n) is 15.1. The van der Waals surface area contributed by atoms with Gasteiger partial charge in [-0.15, -0.1) is 0 Å². The Morgan fingerprint density at radius 2 is 1.89 bits per heavy atom. The molecule has 3 heterocycles. The number of amides is 1. The molecule has 0 bridgehead atoms. The van der Waals surface area contributed by atoms with Crippen LogP contribution in [0.2, 0.25) is 0 Å². The zero-order valence-corrected chi connectivity index (χ0v) is 15.1. The Bertz CT molecular complexity index is 718. The fraction of sp³-hybridized carbons (Fsp3) is 0.579. The number of ether oxygens (including phenoxy) is 3. The van der Waals surface area contributed by atoms with Crippen molar-refractivity contribution in [3.05, 3.63) is 23.8 Å². The maximum atomic E-state index is 12.7. The smallest absolute Gasteiger partial charge is 0.308 e. The van der Waals surface area contributed by atoms with Crippen molar-refractivity contribution in [3.8, 4) is 11.5 Å². The highest BCUT2D eigenvalue weighted by molar-refractivity contribution is 5.80. The van der Waals surface area contributed by atoms with Crippen LogP contribution in [-0.4, -0.2) is 79.5 Å². The van der Waals surface area contributed by atoms with E-state index in [9.17, 15) is 14.7 Å². The van der Waals surface area contributed by atoms with E-state index >= 15 is 0 Å². The molecule has 1 N–H and O–H groups in total. The van der Waals surface area contributed by atoms with Gasteiger partial charge < -0.3 is 24.2 Å². The summed E-state index contributed by atoms with van der Waals surface area (Å²) in [6.07, 6.45) is 0.403. The SMILES string of the molecule is O=C(O)[C@@H]1CN(C(=O)CCN2CCOCC2)C[C@H]1c1ccc2c(c1)OCO2. The molecule has 2 saturated heterocycles. The van der Waals surface area contributed by atoms with Crippen LogP contribution in [-0.2, 0) is 14.3 Å². The lowest BCUT2D eigenvalue weighted by Crippen LogP contribution is -2.39. The number of carbonyl (C=O) groups excluding carboxylic acids is 1. The van der Waals surface area contributed by atoms with Crippen molar-refractivity contribution in [1.82, 2.24) is 9.80 Å². The molecule has 1 aromatic carbocycles. The van der Waals surface area contributed by atoms with Crippen molar-refractivity contribution in [1.29, 1.82) is 0 Å². The molecule has 146 valence electrons. The Labute approximate surface area is 157 Å². The third kappa shape index (κ3) is 3.86. The van der Waals surface area contributed by atoms with E-state index in [4.69, 9.17) is 14.2 Å². The quantitative estimate of drug-likeness (QED) is 0.812. The fourth-order valence-electron chi connectivity index (χ4n) is 3.98. The zero-order chi connectivity index (χ0) is 18.8. The summed E-state index contributed by atoms with van der Waals surface area (Å²) in [5, 5.41) is 9.66. The summed E-state index contributed by atoms with van der Waals surface area (Å²) < 4.78 is 16.1. The van der Waals surface area contributed by atoms with Crippen LogP contribution in [0.4, 0.5) is 0 Å². The van der Waals surface area contributed by atoms with Crippen molar-refractivity contribution >= 4 is 11.9 Å². The highest BCUT2D eigenvalue weighted by atomic mass is 16.7. The number of carbonyl (C=O) groups is 2. The van der Waals surface area contributed by atoms with Gasteiger partial charge in [0.15, 0.2) is 11.5 Å². The Hall–Kier alpha value is -2.32. The number of fused-ring (bicyclic) bond motifs is 1. The number of carboxylic acids is 1. The molecule has 4 rings (SSSR count). The van der Waals surface area contributed by atoms with Crippen molar-refractivity contribution in [2.24, 2.45) is 5.92 Å². The first kappa shape index (κ1) is 18.1. The standard InChI is InChI=1S/C19H24N2O6/c22-18(3-4-20-5-7-25-8-6-20)21-10-14(15(11-21)19(23)24)13-1-2-16-17(9-13)27-12-26-16/h1-2,9,14-15H,3-8,10-12H2,(H,23,24)/t14-,15+/m0/s1. The minimum absolute atomic E-state index is 0.0102. The molecule has 8 nitrogen and oxygen atoms in total. The van der Waals surface area contributed by atoms with Crippen molar-refractivity contribution in [3.63, 3.8) is 0 Å². The van der Waals surface area contributed by atoms with Gasteiger partial charge in [0.25, 0.3) is 0 Å². The minimum atomic E-state index is -0.874. The molecule has 0 aromatic heterocycles. The van der Waals surface area contributed by atoms with Crippen LogP contribution in [0.15, 0.2) is 18.2 Å². The number of hydrogen-bond donors (Lipinski definition) is 1. The molecule has 0 aliphatic carbocycles. The monoisotopic (exact) mass is 376 g/mol. The predicted molar refractivity (Wildman–Crippen MR) is 94.9 cm³/mol. The summed E-state index contributed by atoms with van der Waals surface area (Å²) in [5.41, 5.74) is 0.870. The predicted octanol–water partition coefficient (Wildman–Crippen LogP) is 0.764. The average Bonchev–Trinajstić information content (AvgIpc) is 3.33. The van der Waals surface area contributed by atoms with Gasteiger partial charge in [-0.2, -0.15) is 0 Å². The lowest BCUT2D eigenvalue weighted by atomic mass is 9.89. The van der Waals surface area contributed by atoms with Gasteiger partial charge in [0.2, 0.25) is 12.7 Å². The Morgan fingerprint density at radius 3 is 2.67 bits per heavy atom. The summed E-state index contributed by atoms with van der Waals surface area (Å²) in [6.45, 7) is 4.60. The second kappa shape index (κ2) is 7.74. The van der Waals surface area contributed by atoms with E-state index in [0.717, 1.165) is 18.7 Å². The van der Waals surface area contributed by atoms with Crippen LogP contribution >= 0.6 is 0 Å². The topological polar surface area (TPSA) is 88.5 Å². The first-order chi connectivity index (χ1) is 13.1. The minimum Gasteiger partial charge on any atom is -0.481 e. The summed E-state index contributed by atoms with van der Waals surface area (Å²) >= 11 is 0. The van der Waals surface area contributed by atoms with E-state index in [1.54, 1.807) is 11.0 Å². The highest BCUT2D eigenvalue weighted by Crippen LogP contribution is 2.39. The number of rotatable bonds is 5. The summed E-state index contributed by atoms with van der Waals surface area (Å²) in [6, 6.07) is 5.51. The molecule has 0 unspecified atom stereocenters. The molecule has 3 aliphatic rings. The summed E-state index contributed by atoms with van der Waals surface area (Å²) in [4.78, 5) is 28.3. The van der Waals surface area contributed by atoms with E-state index in [-0.39, 0.29) is 25.2 Å². The first-order valence-electron chi connectivity index (χ1n) is 9.32. The molecule has 2 atom stereocenters. The van der Waals surface area contributed by atoms with Crippen molar-refractivity contribution < 1.29 is 28.9 Å². The molecule has 2 fully saturated rings. The second-order valence-electron chi connectivity index (χ2n) is 7.17. The van der Waals surface area contributed by atoms with Crippen LogP contribution in [0.25, 0.3) is 0 Å². The number of aliphatic carboxylic acids is 1. The van der Waals surface area contributed by atoms with Crippen LogP contribution in [0, 0.1) is 5.92 Å². The molecular weight excluding hydrogens is 352 g/mol. The van der Waals surface area contributed by atoms with Gasteiger partial charge in [-0.3, -0.25) is 14.5 Å². The summed E-state index contributed by atoms with van der Waals surface area (Å²) in [5.74, 6) is -0.421. The van der Waals surface area contributed by atoms with Crippen LogP contribution in [0.3, 0.4) is 0 Å². The lowest BCUT2D eigenvalue weighted by molar-refractivity contribution is -0.141. The van der Waals surface area contributed by atoms with Gasteiger partial charge in [-0.1, -0.05) is 6.07 Å². The third-order valence-corrected chi connectivity index (χ3v) is 5.56. The Balaban J connectivity index is 1.42. The maximum Gasteiger partial charge on any atom is 0.308 e. The normalized spacial score (nSPS) is 25.0. The number of benzene rings is 1. The van der Waals surface area contributed by atoms with Gasteiger partial charge in [0.1, 0.15) is 0 Å². The highest BCUT2D eigenvalue weighted by Gasteiger charge is 2.40. The van der Waals surface area contributed by atoms with Crippen molar-refractivity contribution in [2.75, 3.05) is 52.7 Å². The number of hydrogen-bond acceptors (Lipinski definition) is 6. The number of likely N-dealkylation sites (tertiary alicyclic amines) is 1. The van der Waals surface area contributed by atoms with Gasteiger partial charge in [0, 0.05) is 45.1 Å². The van der Waals surface area contributed by atoms with E-state index in [2.05, 4.69) is 4.90 Å². The molecule has 27 heavy (non-hydrogen) atoms. The Kier molecular flexibility index (Phi) is 5.18. The van der Waals surface area contributed by atoms with Gasteiger partial charge in [-0.05, 0) is 17.7 Å². The molecule has 0 saturated carbocycles. The molecule has 1 amide bonds. The second-order valence-corrected chi connectivity index (χ2v) is 7.17. The van der Waals surface area contributed by atoms with Gasteiger partial charge >= 0.3 is 5.97 Å². The third-order valence-electron chi connectivity index (χ3n) is 5.56. The first-order valence-corrected chi connectivity index (χ1v) is 9.32. The maximum absolute atomic E-state index is 12.7. The van der Waals surface area contributed by atoms with Crippen LogP contribution in [0.1, 0.15) is 17.9 Å². The Morgan fingerprint density at radius 1 is 1.11 bits per heavy atom. The van der Waals surface area contributed by atoms with Crippen LogP contribution in [0.5, 0.6) is 11.5 Å². The largest absolute Gasteiger partial charge is 0.481 e. The molecule has 0 radical (unpaired) electrons. The van der Waals surface area contributed by atoms with Crippen molar-refractivity contribution in [2.45, 2.75) is 12.3 Å². The molecule has 3 aliphatic heterocycles. The van der Waals surface area contributed by atoms with E-state index < -0.39 is 11.9 Å². The lowest BCUT2D eigenvalue weighted by Gasteiger charge is -2.27. The number of nitrogens with zero attached hydrogens (tertiary/aromatic N) is 2. The molecule has 8 heteroatoms.